The molecule has 2 aliphatic rings. The molecule has 3 aromatic carbocycles. The lowest BCUT2D eigenvalue weighted by Gasteiger charge is -2.21. The highest BCUT2D eigenvalue weighted by Crippen LogP contribution is 2.50. The molecule has 0 bridgehead atoms. The molecule has 0 saturated heterocycles. The summed E-state index contributed by atoms with van der Waals surface area (Å²) in [6.07, 6.45) is 0. The number of hydrogen-bond acceptors (Lipinski definition) is 4. The Morgan fingerprint density at radius 1 is 0.523 bits per heavy atom. The van der Waals surface area contributed by atoms with E-state index in [1.807, 2.05) is 6.07 Å². The Kier molecular flexibility index (Phi) is 8.97. The zero-order valence-electron chi connectivity index (χ0n) is 25.0. The van der Waals surface area contributed by atoms with Crippen LogP contribution in [0.15, 0.2) is 132 Å². The van der Waals surface area contributed by atoms with Crippen molar-refractivity contribution in [1.29, 1.82) is 0 Å². The van der Waals surface area contributed by atoms with Crippen molar-refractivity contribution in [2.75, 3.05) is 0 Å². The fourth-order valence-electron chi connectivity index (χ4n) is 5.43. The van der Waals surface area contributed by atoms with E-state index in [-0.39, 0.29) is 5.41 Å². The average Bonchev–Trinajstić information content (AvgIpc) is 3.28. The van der Waals surface area contributed by atoms with Gasteiger partial charge in [-0.3, -0.25) is 0 Å². The highest BCUT2D eigenvalue weighted by atomic mass is 35.7. The van der Waals surface area contributed by atoms with Crippen molar-refractivity contribution in [3.8, 4) is 56.0 Å². The van der Waals surface area contributed by atoms with E-state index in [4.69, 9.17) is 23.1 Å². The van der Waals surface area contributed by atoms with E-state index >= 15 is 0 Å². The quantitative estimate of drug-likeness (QED) is 0.223. The number of hydrogen-bond donors (Lipinski definition) is 0. The number of aryl methyl sites for hydroxylation is 1. The second-order valence-electron chi connectivity index (χ2n) is 11.7. The molecule has 0 aliphatic heterocycles. The molecule has 44 heavy (non-hydrogen) atoms. The summed E-state index contributed by atoms with van der Waals surface area (Å²) in [6, 6.07) is 45.2. The van der Waals surface area contributed by atoms with E-state index in [2.05, 4.69) is 149 Å². The number of fused-ring (bicyclic) bond motifs is 1. The fraction of sp³-hybridized carbons (Fsp3) is 0.132. The standard InChI is InChI=1S/C38H33O.ClHO4/c1-26-20-22-30-24-33(38(2,3)4)36(31(30)23-21-26)32-25-34(27-14-8-5-9-15-27)39-37(29-18-12-7-13-19-29)35(32)28-16-10-6-11-17-28;2-1(3,4)5/h5-25H,1-4H3;(H,2,3,4,5)/q+1;/p-1. The third-order valence-corrected chi connectivity index (χ3v) is 7.41. The summed E-state index contributed by atoms with van der Waals surface area (Å²) in [5, 5.41) is 0. The van der Waals surface area contributed by atoms with E-state index in [0.29, 0.717) is 0 Å². The second-order valence-corrected chi connectivity index (χ2v) is 12.4. The minimum Gasteiger partial charge on any atom is -0.222 e. The summed E-state index contributed by atoms with van der Waals surface area (Å²) >= 11 is 0. The average molecular weight is 605 g/mol. The van der Waals surface area contributed by atoms with Crippen molar-refractivity contribution < 1.29 is 33.3 Å². The fourth-order valence-corrected chi connectivity index (χ4v) is 5.43. The van der Waals surface area contributed by atoms with Crippen molar-refractivity contribution in [2.45, 2.75) is 33.1 Å². The second kappa shape index (κ2) is 12.7. The summed E-state index contributed by atoms with van der Waals surface area (Å²) in [4.78, 5) is 0. The Morgan fingerprint density at radius 3 is 1.57 bits per heavy atom. The molecule has 0 fully saturated rings. The maximum Gasteiger partial charge on any atom is 0.369 e. The van der Waals surface area contributed by atoms with E-state index in [1.165, 1.54) is 33.4 Å². The van der Waals surface area contributed by atoms with Gasteiger partial charge < -0.3 is 0 Å². The molecule has 5 nitrogen and oxygen atoms in total. The van der Waals surface area contributed by atoms with Gasteiger partial charge in [0.25, 0.3) is 0 Å². The molecule has 0 saturated carbocycles. The van der Waals surface area contributed by atoms with E-state index in [1.54, 1.807) is 0 Å². The first-order valence-corrected chi connectivity index (χ1v) is 15.5. The molecule has 1 aromatic heterocycles. The highest BCUT2D eigenvalue weighted by Gasteiger charge is 2.33. The summed E-state index contributed by atoms with van der Waals surface area (Å²) in [6.45, 7) is 9.08. The normalized spacial score (nSPS) is 11.6. The molecule has 2 aliphatic carbocycles. The summed E-state index contributed by atoms with van der Waals surface area (Å²) in [5.74, 6) is 1.73. The van der Waals surface area contributed by atoms with Gasteiger partial charge in [-0.15, -0.1) is 10.2 Å². The first-order chi connectivity index (χ1) is 20.9. The zero-order chi connectivity index (χ0) is 31.5. The molecular weight excluding hydrogens is 572 g/mol. The molecule has 6 rings (SSSR count). The van der Waals surface area contributed by atoms with E-state index in [0.717, 1.165) is 33.8 Å². The highest BCUT2D eigenvalue weighted by molar-refractivity contribution is 6.00. The van der Waals surface area contributed by atoms with Gasteiger partial charge >= 0.3 is 11.5 Å². The minimum absolute atomic E-state index is 0.0528. The number of halogens is 1. The monoisotopic (exact) mass is 604 g/mol. The number of rotatable bonds is 4. The van der Waals surface area contributed by atoms with Gasteiger partial charge in [-0.05, 0) is 70.5 Å². The van der Waals surface area contributed by atoms with Crippen LogP contribution in [0.5, 0.6) is 0 Å². The minimum atomic E-state index is -4.94. The van der Waals surface area contributed by atoms with Gasteiger partial charge in [0.05, 0.1) is 22.8 Å². The predicted molar refractivity (Wildman–Crippen MR) is 165 cm³/mol. The van der Waals surface area contributed by atoms with E-state index in [9.17, 15) is 0 Å². The van der Waals surface area contributed by atoms with Crippen LogP contribution in [0.2, 0.25) is 0 Å². The maximum atomic E-state index is 8.49. The molecule has 222 valence electrons. The van der Waals surface area contributed by atoms with Crippen LogP contribution in [-0.2, 0) is 5.41 Å². The van der Waals surface area contributed by atoms with Crippen molar-refractivity contribution in [3.05, 3.63) is 139 Å². The van der Waals surface area contributed by atoms with E-state index < -0.39 is 10.2 Å². The summed E-state index contributed by atoms with van der Waals surface area (Å²) in [5.41, 5.74) is 11.9. The summed E-state index contributed by atoms with van der Waals surface area (Å²) < 4.78 is 40.8. The Hall–Kier alpha value is -4.36. The molecule has 0 N–H and O–H groups in total. The molecular formula is C38H33ClO5. The van der Waals surface area contributed by atoms with Crippen molar-refractivity contribution in [1.82, 2.24) is 0 Å². The van der Waals surface area contributed by atoms with Gasteiger partial charge in [0, 0.05) is 5.56 Å². The topological polar surface area (TPSA) is 104 Å². The lowest BCUT2D eigenvalue weighted by molar-refractivity contribution is -2.00. The lowest BCUT2D eigenvalue weighted by Crippen LogP contribution is -2.68. The Bertz CT molecular complexity index is 1820. The van der Waals surface area contributed by atoms with Crippen LogP contribution < -0.4 is 18.6 Å². The molecule has 0 radical (unpaired) electrons. The predicted octanol–water partition coefficient (Wildman–Crippen LogP) is 6.18. The first kappa shape index (κ1) is 31.1. The lowest BCUT2D eigenvalue weighted by atomic mass is 9.81. The molecule has 4 aromatic rings. The SMILES string of the molecule is Cc1ccc2cc(C(C)(C)C)c(-c3cc(-c4ccccc4)[o+]c(-c4ccccc4)c3-c3ccccc3)c-2cc1.[O-][Cl+3]([O-])([O-])[O-]. The smallest absolute Gasteiger partial charge is 0.222 e. The Morgan fingerprint density at radius 2 is 1.02 bits per heavy atom. The van der Waals surface area contributed by atoms with Gasteiger partial charge in [-0.2, -0.15) is 0 Å². The van der Waals surface area contributed by atoms with Crippen molar-refractivity contribution in [2.24, 2.45) is 0 Å². The Labute approximate surface area is 260 Å². The third kappa shape index (κ3) is 7.22. The van der Waals surface area contributed by atoms with Crippen molar-refractivity contribution >= 4 is 0 Å². The van der Waals surface area contributed by atoms with Crippen molar-refractivity contribution in [3.63, 3.8) is 0 Å². The van der Waals surface area contributed by atoms with Gasteiger partial charge in [-0.1, -0.05) is 117 Å². The zero-order valence-corrected chi connectivity index (χ0v) is 25.8. The molecule has 1 heterocycles. The molecule has 6 heteroatoms. The van der Waals surface area contributed by atoms with Crippen LogP contribution in [0, 0.1) is 17.2 Å². The molecule has 0 atom stereocenters. The van der Waals surface area contributed by atoms with Crippen LogP contribution in [0.4, 0.5) is 0 Å². The summed E-state index contributed by atoms with van der Waals surface area (Å²) in [7, 11) is -4.94. The molecule has 0 unspecified atom stereocenters. The largest absolute Gasteiger partial charge is 0.369 e. The van der Waals surface area contributed by atoms with Gasteiger partial charge in [0.15, 0.2) is 0 Å². The van der Waals surface area contributed by atoms with Gasteiger partial charge in [0.1, 0.15) is 0 Å². The Balaban J connectivity index is 0.000000712. The third-order valence-electron chi connectivity index (χ3n) is 7.41. The maximum absolute atomic E-state index is 8.49. The molecule has 0 spiro atoms. The number of benzene rings is 3. The van der Waals surface area contributed by atoms with Gasteiger partial charge in [-0.25, -0.2) is 23.1 Å². The van der Waals surface area contributed by atoms with Crippen LogP contribution in [0.25, 0.3) is 56.0 Å². The van der Waals surface area contributed by atoms with Crippen LogP contribution in [-0.4, -0.2) is 0 Å². The van der Waals surface area contributed by atoms with Crippen LogP contribution in [0.1, 0.15) is 31.9 Å². The van der Waals surface area contributed by atoms with Gasteiger partial charge in [0.2, 0.25) is 0 Å². The first-order valence-electron chi connectivity index (χ1n) is 14.2. The van der Waals surface area contributed by atoms with Crippen LogP contribution in [0.3, 0.4) is 0 Å². The molecule has 0 amide bonds. The van der Waals surface area contributed by atoms with Crippen LogP contribution >= 0.6 is 0 Å².